The Morgan fingerprint density at radius 1 is 1.38 bits per heavy atom. The van der Waals surface area contributed by atoms with E-state index in [0.717, 1.165) is 21.1 Å². The molecule has 0 fully saturated rings. The lowest BCUT2D eigenvalue weighted by atomic mass is 10.2. The molecule has 0 unspecified atom stereocenters. The third-order valence-corrected chi connectivity index (χ3v) is 2.64. The van der Waals surface area contributed by atoms with Gasteiger partial charge in [-0.1, -0.05) is 36.9 Å². The van der Waals surface area contributed by atoms with Crippen molar-refractivity contribution in [2.24, 2.45) is 0 Å². The molecule has 0 aliphatic heterocycles. The molecule has 0 amide bonds. The normalized spacial score (nSPS) is 12.5. The molecule has 0 bridgehead atoms. The maximum atomic E-state index is 11.2. The molecular formula is C10H13NOS. The van der Waals surface area contributed by atoms with Crippen molar-refractivity contribution in [1.82, 2.24) is 0 Å². The van der Waals surface area contributed by atoms with Crippen LogP contribution in [0.5, 0.6) is 0 Å². The van der Waals surface area contributed by atoms with Gasteiger partial charge in [-0.05, 0) is 12.1 Å². The van der Waals surface area contributed by atoms with Gasteiger partial charge < -0.3 is 5.21 Å². The predicted octanol–water partition coefficient (Wildman–Crippen LogP) is 2.33. The molecule has 0 radical (unpaired) electrons. The van der Waals surface area contributed by atoms with Crippen molar-refractivity contribution in [3.63, 3.8) is 0 Å². The Balaban J connectivity index is 2.97. The Labute approximate surface area is 82.9 Å². The molecule has 70 valence electrons. The molecule has 0 aliphatic rings. The average molecular weight is 195 g/mol. The van der Waals surface area contributed by atoms with E-state index in [-0.39, 0.29) is 0 Å². The van der Waals surface area contributed by atoms with E-state index in [0.29, 0.717) is 0 Å². The van der Waals surface area contributed by atoms with E-state index in [1.807, 2.05) is 37.3 Å². The minimum atomic E-state index is 0.781. The molecule has 0 aromatic heterocycles. The van der Waals surface area contributed by atoms with E-state index in [1.165, 1.54) is 7.05 Å². The van der Waals surface area contributed by atoms with Crippen LogP contribution < -0.4 is 0 Å². The fourth-order valence-corrected chi connectivity index (χ4v) is 1.83. The number of hydrogen-bond donors (Lipinski definition) is 0. The van der Waals surface area contributed by atoms with E-state index in [2.05, 4.69) is 0 Å². The highest BCUT2D eigenvalue weighted by Gasteiger charge is 2.09. The van der Waals surface area contributed by atoms with Gasteiger partial charge in [0.15, 0.2) is 0 Å². The lowest BCUT2D eigenvalue weighted by Gasteiger charge is -2.05. The van der Waals surface area contributed by atoms with Gasteiger partial charge in [0.25, 0.3) is 5.04 Å². The fraction of sp³-hybridized carbons (Fsp3) is 0.300. The van der Waals surface area contributed by atoms with Crippen molar-refractivity contribution >= 4 is 16.8 Å². The van der Waals surface area contributed by atoms with Crippen LogP contribution in [0.15, 0.2) is 30.3 Å². The van der Waals surface area contributed by atoms with E-state index in [9.17, 15) is 5.21 Å². The van der Waals surface area contributed by atoms with Crippen molar-refractivity contribution in [3.05, 3.63) is 41.1 Å². The zero-order valence-corrected chi connectivity index (χ0v) is 8.67. The zero-order valence-electron chi connectivity index (χ0n) is 7.86. The monoisotopic (exact) mass is 195 g/mol. The molecule has 2 nitrogen and oxygen atoms in total. The molecule has 1 rings (SSSR count). The van der Waals surface area contributed by atoms with Crippen LogP contribution in [0.2, 0.25) is 0 Å². The molecule has 0 atom stereocenters. The van der Waals surface area contributed by atoms with Crippen molar-refractivity contribution in [3.8, 4) is 0 Å². The van der Waals surface area contributed by atoms with Gasteiger partial charge in [0.05, 0.1) is 5.56 Å². The first-order chi connectivity index (χ1) is 6.25. The summed E-state index contributed by atoms with van der Waals surface area (Å²) < 4.78 is 0.920. The third-order valence-electron chi connectivity index (χ3n) is 1.59. The van der Waals surface area contributed by atoms with E-state index < -0.39 is 0 Å². The number of nitrogens with zero attached hydrogens (tertiary/aromatic N) is 1. The van der Waals surface area contributed by atoms with Crippen LogP contribution in [0.1, 0.15) is 12.5 Å². The molecule has 0 saturated carbocycles. The topological polar surface area (TPSA) is 26.1 Å². The first-order valence-corrected chi connectivity index (χ1v) is 5.20. The summed E-state index contributed by atoms with van der Waals surface area (Å²) in [6.45, 7) is 2.04. The van der Waals surface area contributed by atoms with Crippen LogP contribution in [0.3, 0.4) is 0 Å². The largest absolute Gasteiger partial charge is 0.623 e. The van der Waals surface area contributed by atoms with Crippen LogP contribution >= 0.6 is 11.8 Å². The van der Waals surface area contributed by atoms with Gasteiger partial charge in [-0.2, -0.15) is 0 Å². The second-order valence-electron chi connectivity index (χ2n) is 2.60. The number of hydrogen-bond acceptors (Lipinski definition) is 2. The van der Waals surface area contributed by atoms with Gasteiger partial charge in [0.2, 0.25) is 0 Å². The highest BCUT2D eigenvalue weighted by Crippen LogP contribution is 2.12. The van der Waals surface area contributed by atoms with Crippen LogP contribution in [0, 0.1) is 5.21 Å². The minimum absolute atomic E-state index is 0.781. The maximum Gasteiger partial charge on any atom is 0.252 e. The Hall–Kier alpha value is -0.960. The molecule has 1 aromatic rings. The van der Waals surface area contributed by atoms with Crippen LogP contribution in [0.4, 0.5) is 0 Å². The second kappa shape index (κ2) is 4.92. The first-order valence-electron chi connectivity index (χ1n) is 4.21. The lowest BCUT2D eigenvalue weighted by Crippen LogP contribution is -2.09. The van der Waals surface area contributed by atoms with Gasteiger partial charge in [0, 0.05) is 5.75 Å². The second-order valence-corrected chi connectivity index (χ2v) is 3.85. The summed E-state index contributed by atoms with van der Waals surface area (Å²) in [5.74, 6) is 0.913. The average Bonchev–Trinajstić information content (AvgIpc) is 2.15. The minimum Gasteiger partial charge on any atom is -0.623 e. The summed E-state index contributed by atoms with van der Waals surface area (Å²) in [6.07, 6.45) is 0. The zero-order chi connectivity index (χ0) is 9.68. The summed E-state index contributed by atoms with van der Waals surface area (Å²) in [6, 6.07) is 9.73. The molecule has 0 aliphatic carbocycles. The maximum absolute atomic E-state index is 11.2. The highest BCUT2D eigenvalue weighted by atomic mass is 32.2. The number of benzene rings is 1. The van der Waals surface area contributed by atoms with Crippen molar-refractivity contribution in [2.75, 3.05) is 12.8 Å². The Morgan fingerprint density at radius 2 is 2.00 bits per heavy atom. The quantitative estimate of drug-likeness (QED) is 0.238. The molecular weight excluding hydrogens is 182 g/mol. The van der Waals surface area contributed by atoms with Crippen molar-refractivity contribution in [2.45, 2.75) is 6.92 Å². The van der Waals surface area contributed by atoms with Crippen LogP contribution in [-0.4, -0.2) is 22.6 Å². The smallest absolute Gasteiger partial charge is 0.252 e. The number of rotatable bonds is 2. The van der Waals surface area contributed by atoms with E-state index in [1.54, 1.807) is 11.8 Å². The van der Waals surface area contributed by atoms with Gasteiger partial charge in [-0.15, -0.1) is 0 Å². The van der Waals surface area contributed by atoms with Crippen molar-refractivity contribution in [1.29, 1.82) is 0 Å². The molecule has 13 heavy (non-hydrogen) atoms. The highest BCUT2D eigenvalue weighted by molar-refractivity contribution is 8.14. The van der Waals surface area contributed by atoms with E-state index in [4.69, 9.17) is 0 Å². The molecule has 0 saturated heterocycles. The Morgan fingerprint density at radius 3 is 2.46 bits per heavy atom. The molecule has 1 aromatic carbocycles. The molecule has 0 spiro atoms. The summed E-state index contributed by atoms with van der Waals surface area (Å²) in [5.41, 5.74) is 0.992. The van der Waals surface area contributed by atoms with Crippen LogP contribution in [-0.2, 0) is 0 Å². The van der Waals surface area contributed by atoms with E-state index >= 15 is 0 Å². The standard InChI is InChI=1S/C10H13NOS/c1-3-13-10(11(2)12)9-7-5-4-6-8-9/h4-8H,3H2,1-2H3/b11-10-. The third kappa shape index (κ3) is 2.77. The number of thioether (sulfide) groups is 1. The van der Waals surface area contributed by atoms with Gasteiger partial charge in [-0.25, -0.2) is 4.74 Å². The van der Waals surface area contributed by atoms with Crippen molar-refractivity contribution < 1.29 is 4.74 Å². The Bertz CT molecular complexity index is 291. The summed E-state index contributed by atoms with van der Waals surface area (Å²) in [4.78, 5) is 0. The molecule has 0 N–H and O–H groups in total. The van der Waals surface area contributed by atoms with Gasteiger partial charge in [-0.3, -0.25) is 0 Å². The number of hydroxylamine groups is 1. The molecule has 0 heterocycles. The summed E-state index contributed by atoms with van der Waals surface area (Å²) in [7, 11) is 1.53. The lowest BCUT2D eigenvalue weighted by molar-refractivity contribution is -0.418. The SMILES string of the molecule is CCS/C(c1ccccc1)=[N+](/C)[O-]. The molecule has 3 heteroatoms. The first kappa shape index (κ1) is 10.1. The Kier molecular flexibility index (Phi) is 3.83. The predicted molar refractivity (Wildman–Crippen MR) is 58.2 cm³/mol. The fourth-order valence-electron chi connectivity index (χ4n) is 1.07. The summed E-state index contributed by atoms with van der Waals surface area (Å²) in [5, 5.41) is 12.0. The van der Waals surface area contributed by atoms with Crippen LogP contribution in [0.25, 0.3) is 0 Å². The summed E-state index contributed by atoms with van der Waals surface area (Å²) >= 11 is 1.57. The van der Waals surface area contributed by atoms with Gasteiger partial charge >= 0.3 is 0 Å². The van der Waals surface area contributed by atoms with Gasteiger partial charge in [0.1, 0.15) is 7.05 Å².